The van der Waals surface area contributed by atoms with Gasteiger partial charge in [0, 0.05) is 6.42 Å². The molecule has 1 rings (SSSR count). The molecular formula is C16H26N2O. The van der Waals surface area contributed by atoms with E-state index >= 15 is 0 Å². The Morgan fingerprint density at radius 3 is 2.37 bits per heavy atom. The second kappa shape index (κ2) is 7.95. The Balaban J connectivity index is 2.68. The van der Waals surface area contributed by atoms with E-state index in [4.69, 9.17) is 5.73 Å². The Kier molecular flexibility index (Phi) is 6.57. The van der Waals surface area contributed by atoms with Gasteiger partial charge < -0.3 is 11.1 Å². The number of nitrogens with two attached hydrogens (primary N) is 1. The van der Waals surface area contributed by atoms with Crippen LogP contribution in [-0.2, 0) is 4.79 Å². The maximum Gasteiger partial charge on any atom is 0.220 e. The van der Waals surface area contributed by atoms with Crippen LogP contribution in [0, 0.1) is 11.8 Å². The van der Waals surface area contributed by atoms with Gasteiger partial charge >= 0.3 is 0 Å². The van der Waals surface area contributed by atoms with E-state index in [1.807, 2.05) is 25.1 Å². The molecule has 0 spiro atoms. The molecule has 3 N–H and O–H groups in total. The van der Waals surface area contributed by atoms with Gasteiger partial charge in [0.25, 0.3) is 0 Å². The molecule has 3 nitrogen and oxygen atoms in total. The van der Waals surface area contributed by atoms with Crippen molar-refractivity contribution in [3.63, 3.8) is 0 Å². The third kappa shape index (κ3) is 5.88. The number of carbonyl (C=O) groups is 1. The van der Waals surface area contributed by atoms with Gasteiger partial charge in [-0.05, 0) is 30.4 Å². The largest absolute Gasteiger partial charge is 0.349 e. The van der Waals surface area contributed by atoms with Gasteiger partial charge in [0.05, 0.1) is 6.04 Å². The van der Waals surface area contributed by atoms with Gasteiger partial charge in [-0.1, -0.05) is 51.1 Å². The summed E-state index contributed by atoms with van der Waals surface area (Å²) in [6.45, 7) is 6.89. The second-order valence-corrected chi connectivity index (χ2v) is 5.71. The normalized spacial score (nSPS) is 14.2. The summed E-state index contributed by atoms with van der Waals surface area (Å²) in [4.78, 5) is 12.0. The molecule has 0 fully saturated rings. The Labute approximate surface area is 116 Å². The monoisotopic (exact) mass is 262 g/mol. The molecule has 1 aromatic carbocycles. The van der Waals surface area contributed by atoms with E-state index in [0.717, 1.165) is 6.42 Å². The van der Waals surface area contributed by atoms with Crippen molar-refractivity contribution >= 4 is 5.91 Å². The van der Waals surface area contributed by atoms with E-state index in [1.54, 1.807) is 0 Å². The van der Waals surface area contributed by atoms with Crippen molar-refractivity contribution in [1.29, 1.82) is 0 Å². The molecule has 0 bridgehead atoms. The number of hydrogen-bond donors (Lipinski definition) is 2. The maximum atomic E-state index is 12.0. The van der Waals surface area contributed by atoms with Gasteiger partial charge in [0.2, 0.25) is 5.91 Å². The zero-order chi connectivity index (χ0) is 14.3. The standard InChI is InChI=1S/C16H26N2O/c1-12(2)9-15(14-7-5-4-6-8-14)18-16(19)10-13(3)11-17/h4-8,12-13,15H,9-11,17H2,1-3H3,(H,18,19). The lowest BCUT2D eigenvalue weighted by Crippen LogP contribution is -2.31. The molecule has 0 saturated carbocycles. The van der Waals surface area contributed by atoms with Gasteiger partial charge in [-0.15, -0.1) is 0 Å². The summed E-state index contributed by atoms with van der Waals surface area (Å²) >= 11 is 0. The molecule has 0 aliphatic heterocycles. The quantitative estimate of drug-likeness (QED) is 0.794. The van der Waals surface area contributed by atoms with Crippen LogP contribution in [-0.4, -0.2) is 12.5 Å². The van der Waals surface area contributed by atoms with Crippen LogP contribution in [0.4, 0.5) is 0 Å². The number of rotatable bonds is 7. The van der Waals surface area contributed by atoms with Crippen molar-refractivity contribution in [2.75, 3.05) is 6.54 Å². The third-order valence-electron chi connectivity index (χ3n) is 3.18. The number of amides is 1. The second-order valence-electron chi connectivity index (χ2n) is 5.71. The molecule has 19 heavy (non-hydrogen) atoms. The zero-order valence-corrected chi connectivity index (χ0v) is 12.2. The van der Waals surface area contributed by atoms with E-state index in [-0.39, 0.29) is 17.9 Å². The molecule has 0 aromatic heterocycles. The molecule has 2 unspecified atom stereocenters. The highest BCUT2D eigenvalue weighted by Crippen LogP contribution is 2.21. The first-order valence-corrected chi connectivity index (χ1v) is 7.07. The fraction of sp³-hybridized carbons (Fsp3) is 0.562. The molecule has 0 heterocycles. The van der Waals surface area contributed by atoms with Crippen molar-refractivity contribution in [3.8, 4) is 0 Å². The maximum absolute atomic E-state index is 12.0. The SMILES string of the molecule is CC(C)CC(NC(=O)CC(C)CN)c1ccccc1. The van der Waals surface area contributed by atoms with Crippen LogP contribution < -0.4 is 11.1 Å². The number of nitrogens with one attached hydrogen (secondary N) is 1. The minimum atomic E-state index is 0.0902. The first-order valence-electron chi connectivity index (χ1n) is 7.07. The predicted octanol–water partition coefficient (Wildman–Crippen LogP) is 2.87. The first-order chi connectivity index (χ1) is 9.02. The van der Waals surface area contributed by atoms with Crippen LogP contribution in [0.25, 0.3) is 0 Å². The highest BCUT2D eigenvalue weighted by molar-refractivity contribution is 5.76. The number of carbonyl (C=O) groups excluding carboxylic acids is 1. The van der Waals surface area contributed by atoms with E-state index in [9.17, 15) is 4.79 Å². The Bertz CT molecular complexity index is 376. The molecular weight excluding hydrogens is 236 g/mol. The van der Waals surface area contributed by atoms with Gasteiger partial charge in [-0.3, -0.25) is 4.79 Å². The van der Waals surface area contributed by atoms with Gasteiger partial charge in [-0.25, -0.2) is 0 Å². The molecule has 106 valence electrons. The minimum absolute atomic E-state index is 0.0902. The third-order valence-corrected chi connectivity index (χ3v) is 3.18. The van der Waals surface area contributed by atoms with Crippen LogP contribution in [0.15, 0.2) is 30.3 Å². The Morgan fingerprint density at radius 2 is 1.84 bits per heavy atom. The summed E-state index contributed by atoms with van der Waals surface area (Å²) in [5, 5.41) is 3.14. The summed E-state index contributed by atoms with van der Waals surface area (Å²) in [6.07, 6.45) is 1.45. The molecule has 1 aromatic rings. The average molecular weight is 262 g/mol. The number of benzene rings is 1. The summed E-state index contributed by atoms with van der Waals surface area (Å²) in [6, 6.07) is 10.3. The van der Waals surface area contributed by atoms with Crippen LogP contribution in [0.5, 0.6) is 0 Å². The highest BCUT2D eigenvalue weighted by atomic mass is 16.1. The molecule has 0 radical (unpaired) electrons. The fourth-order valence-corrected chi connectivity index (χ4v) is 2.09. The molecule has 0 aliphatic carbocycles. The van der Waals surface area contributed by atoms with E-state index < -0.39 is 0 Å². The summed E-state index contributed by atoms with van der Waals surface area (Å²) < 4.78 is 0. The van der Waals surface area contributed by atoms with Gasteiger partial charge in [0.1, 0.15) is 0 Å². The lowest BCUT2D eigenvalue weighted by atomic mass is 9.96. The predicted molar refractivity (Wildman–Crippen MR) is 79.6 cm³/mol. The number of hydrogen-bond acceptors (Lipinski definition) is 2. The van der Waals surface area contributed by atoms with Crippen molar-refractivity contribution in [3.05, 3.63) is 35.9 Å². The molecule has 3 heteroatoms. The highest BCUT2D eigenvalue weighted by Gasteiger charge is 2.17. The van der Waals surface area contributed by atoms with E-state index in [2.05, 4.69) is 31.3 Å². The van der Waals surface area contributed by atoms with Crippen molar-refractivity contribution < 1.29 is 4.79 Å². The molecule has 1 amide bonds. The van der Waals surface area contributed by atoms with Crippen molar-refractivity contribution in [2.24, 2.45) is 17.6 Å². The molecule has 2 atom stereocenters. The summed E-state index contributed by atoms with van der Waals surface area (Å²) in [5.41, 5.74) is 6.73. The van der Waals surface area contributed by atoms with Gasteiger partial charge in [0.15, 0.2) is 0 Å². The molecule has 0 saturated heterocycles. The van der Waals surface area contributed by atoms with Crippen LogP contribution >= 0.6 is 0 Å². The summed E-state index contributed by atoms with van der Waals surface area (Å²) in [7, 11) is 0. The first kappa shape index (κ1) is 15.7. The van der Waals surface area contributed by atoms with E-state index in [0.29, 0.717) is 18.9 Å². The fourth-order valence-electron chi connectivity index (χ4n) is 2.09. The minimum Gasteiger partial charge on any atom is -0.349 e. The lowest BCUT2D eigenvalue weighted by Gasteiger charge is -2.22. The lowest BCUT2D eigenvalue weighted by molar-refractivity contribution is -0.122. The Morgan fingerprint density at radius 1 is 1.21 bits per heavy atom. The summed E-state index contributed by atoms with van der Waals surface area (Å²) in [5.74, 6) is 0.861. The van der Waals surface area contributed by atoms with E-state index in [1.165, 1.54) is 5.56 Å². The van der Waals surface area contributed by atoms with Crippen molar-refractivity contribution in [2.45, 2.75) is 39.7 Å². The topological polar surface area (TPSA) is 55.1 Å². The van der Waals surface area contributed by atoms with Crippen LogP contribution in [0.2, 0.25) is 0 Å². The smallest absolute Gasteiger partial charge is 0.220 e. The van der Waals surface area contributed by atoms with Crippen LogP contribution in [0.1, 0.15) is 45.2 Å². The van der Waals surface area contributed by atoms with Crippen molar-refractivity contribution in [1.82, 2.24) is 5.32 Å². The Hall–Kier alpha value is -1.35. The zero-order valence-electron chi connectivity index (χ0n) is 12.2. The molecule has 0 aliphatic rings. The average Bonchev–Trinajstić information content (AvgIpc) is 2.38. The van der Waals surface area contributed by atoms with Gasteiger partial charge in [-0.2, -0.15) is 0 Å². The van der Waals surface area contributed by atoms with Crippen LogP contribution in [0.3, 0.4) is 0 Å².